The van der Waals surface area contributed by atoms with Crippen molar-refractivity contribution in [1.82, 2.24) is 0 Å². The summed E-state index contributed by atoms with van der Waals surface area (Å²) in [6.45, 7) is 0. The molecule has 3 nitrogen and oxygen atoms in total. The van der Waals surface area contributed by atoms with Gasteiger partial charge in [-0.2, -0.15) is 26.3 Å². The van der Waals surface area contributed by atoms with Crippen LogP contribution in [-0.4, -0.2) is 11.7 Å². The van der Waals surface area contributed by atoms with Gasteiger partial charge in [-0.05, 0) is 36.6 Å². The number of primary amides is 1. The molecule has 2 rings (SSSR count). The molecule has 1 fully saturated rings. The summed E-state index contributed by atoms with van der Waals surface area (Å²) >= 11 is 0. The predicted molar refractivity (Wildman–Crippen MR) is 70.6 cm³/mol. The van der Waals surface area contributed by atoms with E-state index in [2.05, 4.69) is 0 Å². The summed E-state index contributed by atoms with van der Waals surface area (Å²) in [6, 6.07) is 1.13. The lowest BCUT2D eigenvalue weighted by Crippen LogP contribution is -2.37. The largest absolute Gasteiger partial charge is 0.416 e. The molecule has 1 atom stereocenters. The maximum Gasteiger partial charge on any atom is 0.416 e. The Hall–Kier alpha value is -2.06. The van der Waals surface area contributed by atoms with Gasteiger partial charge in [0.05, 0.1) is 16.5 Å². The van der Waals surface area contributed by atoms with Crippen LogP contribution in [0.3, 0.4) is 0 Å². The molecule has 1 aromatic rings. The number of carbonyl (C=O) groups excluding carboxylic acids is 2. The second-order valence-corrected chi connectivity index (χ2v) is 5.95. The van der Waals surface area contributed by atoms with Gasteiger partial charge >= 0.3 is 12.4 Å². The third-order valence-corrected chi connectivity index (χ3v) is 4.13. The average Bonchev–Trinajstić information content (AvgIpc) is 2.79. The fraction of sp³-hybridized carbons (Fsp3) is 0.467. The highest BCUT2D eigenvalue weighted by molar-refractivity contribution is 5.92. The molecule has 0 radical (unpaired) electrons. The molecule has 1 aliphatic carbocycles. The van der Waals surface area contributed by atoms with Crippen molar-refractivity contribution in [3.05, 3.63) is 34.9 Å². The molecule has 0 aliphatic heterocycles. The second-order valence-electron chi connectivity index (χ2n) is 5.95. The van der Waals surface area contributed by atoms with Crippen molar-refractivity contribution in [2.45, 2.75) is 38.0 Å². The Kier molecular flexibility index (Phi) is 4.41. The lowest BCUT2D eigenvalue weighted by atomic mass is 9.78. The summed E-state index contributed by atoms with van der Waals surface area (Å²) in [7, 11) is 0. The van der Waals surface area contributed by atoms with E-state index in [4.69, 9.17) is 5.73 Å². The van der Waals surface area contributed by atoms with Gasteiger partial charge < -0.3 is 5.73 Å². The van der Waals surface area contributed by atoms with E-state index in [0.717, 1.165) is 0 Å². The van der Waals surface area contributed by atoms with E-state index in [1.165, 1.54) is 0 Å². The van der Waals surface area contributed by atoms with Crippen molar-refractivity contribution < 1.29 is 35.9 Å². The molecule has 0 bridgehead atoms. The maximum atomic E-state index is 12.9. The van der Waals surface area contributed by atoms with Crippen molar-refractivity contribution in [3.63, 3.8) is 0 Å². The summed E-state index contributed by atoms with van der Waals surface area (Å²) in [6.07, 6.45) is -10.6. The Balaban J connectivity index is 2.49. The van der Waals surface area contributed by atoms with Crippen LogP contribution < -0.4 is 5.73 Å². The molecule has 9 heteroatoms. The first kappa shape index (κ1) is 18.3. The molecule has 0 aromatic heterocycles. The topological polar surface area (TPSA) is 60.2 Å². The number of halogens is 6. The highest BCUT2D eigenvalue weighted by Gasteiger charge is 2.44. The van der Waals surface area contributed by atoms with Gasteiger partial charge in [0.25, 0.3) is 0 Å². The Morgan fingerprint density at radius 2 is 1.54 bits per heavy atom. The lowest BCUT2D eigenvalue weighted by Gasteiger charge is -2.25. The van der Waals surface area contributed by atoms with Gasteiger partial charge in [-0.25, -0.2) is 0 Å². The number of Topliss-reactive ketones (excluding diaryl/α,β-unsaturated/α-hetero) is 1. The quantitative estimate of drug-likeness (QED) is 0.846. The van der Waals surface area contributed by atoms with Crippen molar-refractivity contribution in [3.8, 4) is 0 Å². The molecule has 2 N–H and O–H groups in total. The number of hydrogen-bond acceptors (Lipinski definition) is 2. The summed E-state index contributed by atoms with van der Waals surface area (Å²) in [5, 5.41) is 0. The van der Waals surface area contributed by atoms with Crippen LogP contribution in [0.2, 0.25) is 0 Å². The fourth-order valence-electron chi connectivity index (χ4n) is 2.89. The van der Waals surface area contributed by atoms with Gasteiger partial charge in [0.2, 0.25) is 5.91 Å². The van der Waals surface area contributed by atoms with E-state index >= 15 is 0 Å². The molecule has 1 saturated carbocycles. The lowest BCUT2D eigenvalue weighted by molar-refractivity contribution is -0.143. The minimum absolute atomic E-state index is 0.0127. The first-order valence-corrected chi connectivity index (χ1v) is 6.93. The van der Waals surface area contributed by atoms with Gasteiger partial charge in [0.1, 0.15) is 5.78 Å². The molecular weight excluding hydrogens is 340 g/mol. The van der Waals surface area contributed by atoms with Crippen LogP contribution in [0.15, 0.2) is 18.2 Å². The molecule has 0 spiro atoms. The zero-order valence-electron chi connectivity index (χ0n) is 12.2. The van der Waals surface area contributed by atoms with Crippen molar-refractivity contribution in [1.29, 1.82) is 0 Å². The molecular formula is C15H13F6NO2. The number of amides is 1. The first-order chi connectivity index (χ1) is 10.8. The Bertz CT molecular complexity index is 647. The van der Waals surface area contributed by atoms with Crippen molar-refractivity contribution in [2.75, 3.05) is 0 Å². The van der Waals surface area contributed by atoms with Gasteiger partial charge in [-0.1, -0.05) is 0 Å². The van der Waals surface area contributed by atoms with Crippen LogP contribution in [-0.2, 0) is 28.4 Å². The maximum absolute atomic E-state index is 12.9. The monoisotopic (exact) mass is 353 g/mol. The minimum Gasteiger partial charge on any atom is -0.369 e. The molecule has 1 amide bonds. The van der Waals surface area contributed by atoms with Crippen LogP contribution in [0, 0.1) is 5.41 Å². The average molecular weight is 353 g/mol. The van der Waals surface area contributed by atoms with E-state index < -0.39 is 41.2 Å². The molecule has 1 unspecified atom stereocenters. The van der Waals surface area contributed by atoms with Crippen LogP contribution >= 0.6 is 0 Å². The third kappa shape index (κ3) is 3.70. The van der Waals surface area contributed by atoms with E-state index in [1.54, 1.807) is 0 Å². The van der Waals surface area contributed by atoms with Gasteiger partial charge in [0, 0.05) is 12.8 Å². The van der Waals surface area contributed by atoms with Crippen LogP contribution in [0.1, 0.15) is 36.0 Å². The number of rotatable bonds is 3. The van der Waals surface area contributed by atoms with E-state index in [1.807, 2.05) is 0 Å². The van der Waals surface area contributed by atoms with E-state index in [-0.39, 0.29) is 36.7 Å². The Morgan fingerprint density at radius 3 is 1.88 bits per heavy atom. The molecule has 0 saturated heterocycles. The zero-order valence-corrected chi connectivity index (χ0v) is 12.2. The highest BCUT2D eigenvalue weighted by atomic mass is 19.4. The van der Waals surface area contributed by atoms with Crippen molar-refractivity contribution >= 4 is 11.7 Å². The van der Waals surface area contributed by atoms with Gasteiger partial charge in [-0.3, -0.25) is 9.59 Å². The van der Waals surface area contributed by atoms with E-state index in [0.29, 0.717) is 12.1 Å². The molecule has 1 aliphatic rings. The number of ketones is 1. The number of hydrogen-bond donors (Lipinski definition) is 1. The van der Waals surface area contributed by atoms with E-state index in [9.17, 15) is 35.9 Å². The SMILES string of the molecule is NC(=O)C1(Cc2cc(C(F)(F)F)cc(C(F)(F)F)c2)CCC(=O)C1. The summed E-state index contributed by atoms with van der Waals surface area (Å²) in [5.41, 5.74) is 0.563. The Labute approximate surface area is 132 Å². The van der Waals surface area contributed by atoms with Gasteiger partial charge in [-0.15, -0.1) is 0 Å². The van der Waals surface area contributed by atoms with Crippen LogP contribution in [0.5, 0.6) is 0 Å². The summed E-state index contributed by atoms with van der Waals surface area (Å²) in [4.78, 5) is 23.1. The normalized spacial score (nSPS) is 22.0. The highest BCUT2D eigenvalue weighted by Crippen LogP contribution is 2.42. The zero-order chi connectivity index (χ0) is 18.3. The third-order valence-electron chi connectivity index (χ3n) is 4.13. The van der Waals surface area contributed by atoms with Crippen LogP contribution in [0.25, 0.3) is 0 Å². The summed E-state index contributed by atoms with van der Waals surface area (Å²) < 4.78 is 77.1. The molecule has 132 valence electrons. The predicted octanol–water partition coefficient (Wildman–Crippen LogP) is 3.49. The molecule has 24 heavy (non-hydrogen) atoms. The number of carbonyl (C=O) groups is 2. The first-order valence-electron chi connectivity index (χ1n) is 6.93. The summed E-state index contributed by atoms with van der Waals surface area (Å²) in [5.74, 6) is -1.20. The fourth-order valence-corrected chi connectivity index (χ4v) is 2.89. The number of benzene rings is 1. The van der Waals surface area contributed by atoms with Crippen LogP contribution in [0.4, 0.5) is 26.3 Å². The Morgan fingerprint density at radius 1 is 1.04 bits per heavy atom. The standard InChI is InChI=1S/C15H13F6NO2/c16-14(17,18)9-3-8(4-10(5-9)15(19,20)21)6-13(12(22)24)2-1-11(23)7-13/h3-5H,1-2,6-7H2,(H2,22,24). The molecule has 0 heterocycles. The number of nitrogens with two attached hydrogens (primary N) is 1. The number of alkyl halides is 6. The minimum atomic E-state index is -4.97. The smallest absolute Gasteiger partial charge is 0.369 e. The van der Waals surface area contributed by atoms with Gasteiger partial charge in [0.15, 0.2) is 0 Å². The van der Waals surface area contributed by atoms with Crippen molar-refractivity contribution in [2.24, 2.45) is 11.1 Å². The second kappa shape index (κ2) is 5.78. The molecule has 1 aromatic carbocycles.